The minimum absolute atomic E-state index is 0.0896. The number of aliphatic hydroxyl groups excluding tert-OH is 1. The largest absolute Gasteiger partial charge is 0.485 e. The smallest absolute Gasteiger partial charge is 0.270 e. The molecule has 4 heterocycles. The van der Waals surface area contributed by atoms with Crippen molar-refractivity contribution in [1.82, 2.24) is 30.1 Å². The van der Waals surface area contributed by atoms with E-state index in [9.17, 15) is 14.7 Å². The van der Waals surface area contributed by atoms with Crippen LogP contribution in [0.3, 0.4) is 0 Å². The number of aryl methyl sites for hydroxylation is 1. The quantitative estimate of drug-likeness (QED) is 0.328. The number of aromatic nitrogens is 3. The lowest BCUT2D eigenvalue weighted by Crippen LogP contribution is -2.42. The Morgan fingerprint density at radius 3 is 2.71 bits per heavy atom. The highest BCUT2D eigenvalue weighted by Gasteiger charge is 2.23. The number of piperidine rings is 1. The average Bonchev–Trinajstić information content (AvgIpc) is 3.40. The summed E-state index contributed by atoms with van der Waals surface area (Å²) in [5.74, 6) is 1.85. The number of fused-ring (bicyclic) bond motifs is 1. The van der Waals surface area contributed by atoms with Gasteiger partial charge >= 0.3 is 0 Å². The third-order valence-electron chi connectivity index (χ3n) is 8.08. The molecule has 2 aromatic heterocycles. The highest BCUT2D eigenvalue weighted by molar-refractivity contribution is 5.92. The van der Waals surface area contributed by atoms with Crippen LogP contribution in [0.25, 0.3) is 0 Å². The number of β-amino-alcohol motifs (C(OH)–C–C–N with tert-alkyl or cyclic N) is 1. The minimum atomic E-state index is -0.727. The van der Waals surface area contributed by atoms with Gasteiger partial charge in [-0.25, -0.2) is 15.0 Å². The summed E-state index contributed by atoms with van der Waals surface area (Å²) in [6.45, 7) is 9.37. The second kappa shape index (κ2) is 13.3. The predicted octanol–water partition coefficient (Wildman–Crippen LogP) is 2.23. The Hall–Kier alpha value is -4.03. The van der Waals surface area contributed by atoms with Crippen molar-refractivity contribution in [3.8, 4) is 5.75 Å². The normalized spacial score (nSPS) is 16.5. The van der Waals surface area contributed by atoms with Crippen LogP contribution < -0.4 is 15.4 Å². The van der Waals surface area contributed by atoms with Crippen LogP contribution in [0, 0.1) is 13.8 Å². The van der Waals surface area contributed by atoms with Crippen LogP contribution in [0.15, 0.2) is 35.3 Å². The van der Waals surface area contributed by atoms with E-state index in [0.29, 0.717) is 32.1 Å². The van der Waals surface area contributed by atoms with E-state index in [1.54, 1.807) is 13.0 Å². The maximum atomic E-state index is 12.8. The van der Waals surface area contributed by atoms with Gasteiger partial charge in [0.2, 0.25) is 5.91 Å². The number of likely N-dealkylation sites (tertiary alicyclic amines) is 1. The number of carbonyl (C=O) groups is 2. The van der Waals surface area contributed by atoms with Crippen molar-refractivity contribution in [3.63, 3.8) is 0 Å². The fourth-order valence-corrected chi connectivity index (χ4v) is 5.57. The van der Waals surface area contributed by atoms with Gasteiger partial charge in [-0.15, -0.1) is 0 Å². The number of hydrogen-bond donors (Lipinski definition) is 3. The van der Waals surface area contributed by atoms with Crippen LogP contribution in [-0.2, 0) is 24.4 Å². The molecule has 0 saturated carbocycles. The molecule has 42 heavy (non-hydrogen) atoms. The van der Waals surface area contributed by atoms with Crippen LogP contribution in [-0.4, -0.2) is 86.5 Å². The molecule has 1 aromatic carbocycles. The summed E-state index contributed by atoms with van der Waals surface area (Å²) in [5.41, 5.74) is 4.68. The van der Waals surface area contributed by atoms with E-state index >= 15 is 0 Å². The summed E-state index contributed by atoms with van der Waals surface area (Å²) >= 11 is 0. The number of anilines is 1. The molecule has 3 N–H and O–H groups in total. The second-order valence-electron chi connectivity index (χ2n) is 11.0. The number of aliphatic hydroxyl groups is 1. The standard InChI is InChI=1S/C30H39N7O5/c1-19-25-8-9-36(14-22(25)4-5-27(19)41-16-28-20(2)34-18-42-28)15-24(39)13-31-30(40)26-12-29(33-17-32-26)35-23-6-10-37(11-7-23)21(3)38/h4-5,12,17-18,23-24,39H,6-11,13-16H2,1-3H3,(H,31,40)(H,32,33,35)/t24-/m0/s1. The van der Waals surface area contributed by atoms with E-state index in [1.807, 2.05) is 17.9 Å². The number of nitrogens with one attached hydrogen (secondary N) is 2. The van der Waals surface area contributed by atoms with Crippen molar-refractivity contribution in [2.75, 3.05) is 38.0 Å². The molecular weight excluding hydrogens is 538 g/mol. The lowest BCUT2D eigenvalue weighted by molar-refractivity contribution is -0.129. The van der Waals surface area contributed by atoms with Crippen LogP contribution in [0.5, 0.6) is 5.75 Å². The first-order chi connectivity index (χ1) is 20.3. The molecule has 2 amide bonds. The number of oxazole rings is 1. The molecule has 0 aliphatic carbocycles. The van der Waals surface area contributed by atoms with E-state index in [0.717, 1.165) is 55.1 Å². The number of hydrogen-bond acceptors (Lipinski definition) is 10. The Balaban J connectivity index is 1.08. The minimum Gasteiger partial charge on any atom is -0.485 e. The molecule has 5 rings (SSSR count). The SMILES string of the molecule is CC(=O)N1CCC(Nc2cc(C(=O)NC[C@H](O)CN3CCc4c(ccc(OCc5ocnc5C)c4C)C3)ncn2)CC1. The fraction of sp³-hybridized carbons (Fsp3) is 0.500. The molecule has 2 aliphatic rings. The maximum absolute atomic E-state index is 12.8. The summed E-state index contributed by atoms with van der Waals surface area (Å²) in [4.78, 5) is 40.8. The zero-order chi connectivity index (χ0) is 29.6. The molecule has 12 nitrogen and oxygen atoms in total. The molecule has 1 saturated heterocycles. The van der Waals surface area contributed by atoms with Crippen molar-refractivity contribution < 1.29 is 23.8 Å². The van der Waals surface area contributed by atoms with Crippen molar-refractivity contribution >= 4 is 17.6 Å². The van der Waals surface area contributed by atoms with Gasteiger partial charge in [-0.2, -0.15) is 0 Å². The number of amides is 2. The zero-order valence-electron chi connectivity index (χ0n) is 24.4. The second-order valence-corrected chi connectivity index (χ2v) is 11.0. The van der Waals surface area contributed by atoms with E-state index in [1.165, 1.54) is 23.8 Å². The van der Waals surface area contributed by atoms with Crippen molar-refractivity contribution in [2.45, 2.75) is 65.3 Å². The van der Waals surface area contributed by atoms with Crippen molar-refractivity contribution in [2.24, 2.45) is 0 Å². The Morgan fingerprint density at radius 1 is 1.17 bits per heavy atom. The lowest BCUT2D eigenvalue weighted by atomic mass is 9.94. The van der Waals surface area contributed by atoms with Crippen molar-refractivity contribution in [1.29, 1.82) is 0 Å². The molecule has 12 heteroatoms. The Kier molecular flexibility index (Phi) is 9.33. The summed E-state index contributed by atoms with van der Waals surface area (Å²) in [7, 11) is 0. The van der Waals surface area contributed by atoms with Gasteiger partial charge in [0.1, 0.15) is 30.2 Å². The summed E-state index contributed by atoms with van der Waals surface area (Å²) in [6.07, 6.45) is 4.54. The van der Waals surface area contributed by atoms with Crippen LogP contribution >= 0.6 is 0 Å². The number of carbonyl (C=O) groups excluding carboxylic acids is 2. The monoisotopic (exact) mass is 577 g/mol. The molecule has 1 fully saturated rings. The Morgan fingerprint density at radius 2 is 1.98 bits per heavy atom. The Labute approximate surface area is 245 Å². The molecule has 0 spiro atoms. The van der Waals surface area contributed by atoms with Gasteiger partial charge in [-0.1, -0.05) is 6.07 Å². The van der Waals surface area contributed by atoms with Gasteiger partial charge in [0, 0.05) is 58.3 Å². The molecule has 1 atom stereocenters. The first-order valence-corrected chi connectivity index (χ1v) is 14.4. The summed E-state index contributed by atoms with van der Waals surface area (Å²) in [5, 5.41) is 16.8. The predicted molar refractivity (Wildman–Crippen MR) is 155 cm³/mol. The van der Waals surface area contributed by atoms with Gasteiger partial charge in [-0.05, 0) is 55.9 Å². The highest BCUT2D eigenvalue weighted by Crippen LogP contribution is 2.30. The van der Waals surface area contributed by atoms with E-state index in [4.69, 9.17) is 9.15 Å². The van der Waals surface area contributed by atoms with E-state index < -0.39 is 6.10 Å². The first kappa shape index (κ1) is 29.5. The van der Waals surface area contributed by atoms with Crippen molar-refractivity contribution in [3.05, 3.63) is 64.8 Å². The van der Waals surface area contributed by atoms with Gasteiger partial charge in [0.15, 0.2) is 12.2 Å². The summed E-state index contributed by atoms with van der Waals surface area (Å²) < 4.78 is 11.4. The van der Waals surface area contributed by atoms with Gasteiger partial charge in [0.25, 0.3) is 5.91 Å². The molecule has 0 radical (unpaired) electrons. The van der Waals surface area contributed by atoms with Gasteiger partial charge < -0.3 is 29.8 Å². The average molecular weight is 578 g/mol. The first-order valence-electron chi connectivity index (χ1n) is 14.4. The van der Waals surface area contributed by atoms with Crippen LogP contribution in [0.1, 0.15) is 58.4 Å². The molecular formula is C30H39N7O5. The molecule has 3 aromatic rings. The lowest BCUT2D eigenvalue weighted by Gasteiger charge is -2.32. The topological polar surface area (TPSA) is 146 Å². The highest BCUT2D eigenvalue weighted by atomic mass is 16.5. The zero-order valence-corrected chi connectivity index (χ0v) is 24.4. The number of ether oxygens (including phenoxy) is 1. The van der Waals surface area contributed by atoms with Crippen LogP contribution in [0.2, 0.25) is 0 Å². The number of rotatable bonds is 10. The third-order valence-corrected chi connectivity index (χ3v) is 8.08. The molecule has 0 unspecified atom stereocenters. The molecule has 224 valence electrons. The van der Waals surface area contributed by atoms with Crippen LogP contribution in [0.4, 0.5) is 5.82 Å². The number of nitrogens with zero attached hydrogens (tertiary/aromatic N) is 5. The van der Waals surface area contributed by atoms with Gasteiger partial charge in [-0.3, -0.25) is 14.5 Å². The van der Waals surface area contributed by atoms with E-state index in [-0.39, 0.29) is 30.1 Å². The number of benzene rings is 1. The maximum Gasteiger partial charge on any atom is 0.270 e. The van der Waals surface area contributed by atoms with Gasteiger partial charge in [0.05, 0.1) is 11.8 Å². The Bertz CT molecular complexity index is 1400. The third kappa shape index (κ3) is 7.24. The van der Waals surface area contributed by atoms with E-state index in [2.05, 4.69) is 43.5 Å². The molecule has 2 aliphatic heterocycles. The molecule has 0 bridgehead atoms. The summed E-state index contributed by atoms with van der Waals surface area (Å²) in [6, 6.07) is 5.86. The fourth-order valence-electron chi connectivity index (χ4n) is 5.57.